The second kappa shape index (κ2) is 10.3. The number of nitrogens with one attached hydrogen (secondary N) is 1. The lowest BCUT2D eigenvalue weighted by Gasteiger charge is -2.39. The number of halogens is 1. The molecule has 2 aliphatic rings. The maximum atomic E-state index is 13.4. The lowest BCUT2D eigenvalue weighted by Crippen LogP contribution is -2.53. The molecule has 2 heterocycles. The van der Waals surface area contributed by atoms with Crippen molar-refractivity contribution in [3.05, 3.63) is 59.1 Å². The van der Waals surface area contributed by atoms with Crippen molar-refractivity contribution >= 4 is 29.1 Å². The number of carbonyl (C=O) groups is 2. The molecule has 1 N–H and O–H groups in total. The summed E-state index contributed by atoms with van der Waals surface area (Å²) in [4.78, 5) is 30.0. The molecule has 32 heavy (non-hydrogen) atoms. The number of rotatable bonds is 6. The van der Waals surface area contributed by atoms with Crippen molar-refractivity contribution in [2.24, 2.45) is 0 Å². The molecule has 170 valence electrons. The monoisotopic (exact) mass is 457 g/mol. The first-order valence-electron chi connectivity index (χ1n) is 10.9. The summed E-state index contributed by atoms with van der Waals surface area (Å²) >= 11 is 6.22. The molecular weight excluding hydrogens is 430 g/mol. The van der Waals surface area contributed by atoms with Crippen molar-refractivity contribution in [3.63, 3.8) is 0 Å². The Labute approximate surface area is 193 Å². The molecule has 2 fully saturated rings. The third-order valence-electron chi connectivity index (χ3n) is 5.98. The number of ether oxygens (including phenoxy) is 2. The van der Waals surface area contributed by atoms with Gasteiger partial charge in [-0.1, -0.05) is 41.9 Å². The van der Waals surface area contributed by atoms with E-state index < -0.39 is 6.04 Å². The third-order valence-corrected chi connectivity index (χ3v) is 6.27. The van der Waals surface area contributed by atoms with Gasteiger partial charge < -0.3 is 19.7 Å². The lowest BCUT2D eigenvalue weighted by atomic mass is 10.0. The Morgan fingerprint density at radius 1 is 1.12 bits per heavy atom. The van der Waals surface area contributed by atoms with Crippen LogP contribution in [0.5, 0.6) is 5.75 Å². The van der Waals surface area contributed by atoms with E-state index in [9.17, 15) is 9.59 Å². The molecule has 2 aliphatic heterocycles. The highest BCUT2D eigenvalue weighted by molar-refractivity contribution is 6.32. The standard InChI is InChI=1S/C24H28ClN3O4/c1-31-20-10-9-18(16-19(20)25)26-23(29)22(17-6-3-2-4-7-17)27-11-13-28(14-12-27)24(30)21-8-5-15-32-21/h2-4,6-7,9-10,16,21-22H,5,8,11-15H2,1H3,(H,26,29). The normalized spacial score (nSPS) is 20.1. The molecule has 2 atom stereocenters. The third kappa shape index (κ3) is 5.06. The minimum absolute atomic E-state index is 0.0655. The summed E-state index contributed by atoms with van der Waals surface area (Å²) in [7, 11) is 1.55. The minimum Gasteiger partial charge on any atom is -0.495 e. The second-order valence-corrected chi connectivity index (χ2v) is 8.42. The van der Waals surface area contributed by atoms with Gasteiger partial charge in [0.15, 0.2) is 0 Å². The molecule has 2 amide bonds. The number of benzene rings is 2. The average Bonchev–Trinajstić information content (AvgIpc) is 3.35. The van der Waals surface area contributed by atoms with Gasteiger partial charge in [0.05, 0.1) is 12.1 Å². The molecule has 2 saturated heterocycles. The molecule has 0 aliphatic carbocycles. The van der Waals surface area contributed by atoms with Crippen LogP contribution in [0, 0.1) is 0 Å². The van der Waals surface area contributed by atoms with Crippen LogP contribution >= 0.6 is 11.6 Å². The fourth-order valence-corrected chi connectivity index (χ4v) is 4.55. The van der Waals surface area contributed by atoms with Crippen LogP contribution < -0.4 is 10.1 Å². The van der Waals surface area contributed by atoms with Gasteiger partial charge in [0, 0.05) is 38.5 Å². The number of amides is 2. The first-order chi connectivity index (χ1) is 15.6. The highest BCUT2D eigenvalue weighted by Gasteiger charge is 2.34. The van der Waals surface area contributed by atoms with E-state index in [4.69, 9.17) is 21.1 Å². The van der Waals surface area contributed by atoms with Gasteiger partial charge >= 0.3 is 0 Å². The Morgan fingerprint density at radius 3 is 2.50 bits per heavy atom. The predicted molar refractivity (Wildman–Crippen MR) is 123 cm³/mol. The van der Waals surface area contributed by atoms with Crippen LogP contribution in [0.2, 0.25) is 5.02 Å². The zero-order valence-electron chi connectivity index (χ0n) is 18.1. The maximum Gasteiger partial charge on any atom is 0.251 e. The summed E-state index contributed by atoms with van der Waals surface area (Å²) in [5.74, 6) is 0.475. The summed E-state index contributed by atoms with van der Waals surface area (Å²) in [6.07, 6.45) is 1.41. The van der Waals surface area contributed by atoms with E-state index in [0.717, 1.165) is 18.4 Å². The van der Waals surface area contributed by atoms with Gasteiger partial charge in [0.2, 0.25) is 5.91 Å². The van der Waals surface area contributed by atoms with E-state index >= 15 is 0 Å². The summed E-state index contributed by atoms with van der Waals surface area (Å²) < 4.78 is 10.7. The SMILES string of the molecule is COc1ccc(NC(=O)C(c2ccccc2)N2CCN(C(=O)C3CCCO3)CC2)cc1Cl. The summed E-state index contributed by atoms with van der Waals surface area (Å²) in [6, 6.07) is 14.4. The number of carbonyl (C=O) groups excluding carboxylic acids is 2. The van der Waals surface area contributed by atoms with Crippen LogP contribution in [-0.2, 0) is 14.3 Å². The molecule has 0 saturated carbocycles. The van der Waals surface area contributed by atoms with Crippen LogP contribution in [-0.4, -0.2) is 67.6 Å². The summed E-state index contributed by atoms with van der Waals surface area (Å²) in [6.45, 7) is 3.01. The molecule has 7 nitrogen and oxygen atoms in total. The topological polar surface area (TPSA) is 71.1 Å². The average molecular weight is 458 g/mol. The van der Waals surface area contributed by atoms with Crippen molar-refractivity contribution in [2.75, 3.05) is 45.2 Å². The van der Waals surface area contributed by atoms with E-state index in [1.54, 1.807) is 25.3 Å². The second-order valence-electron chi connectivity index (χ2n) is 8.01. The first kappa shape index (κ1) is 22.6. The Morgan fingerprint density at radius 2 is 1.88 bits per heavy atom. The maximum absolute atomic E-state index is 13.4. The highest BCUT2D eigenvalue weighted by atomic mass is 35.5. The molecule has 2 aromatic carbocycles. The van der Waals surface area contributed by atoms with Gasteiger partial charge in [-0.25, -0.2) is 0 Å². The molecule has 2 unspecified atom stereocenters. The number of piperazine rings is 1. The fourth-order valence-electron chi connectivity index (χ4n) is 4.29. The zero-order valence-corrected chi connectivity index (χ0v) is 18.9. The lowest BCUT2D eigenvalue weighted by molar-refractivity contribution is -0.143. The quantitative estimate of drug-likeness (QED) is 0.720. The smallest absolute Gasteiger partial charge is 0.251 e. The molecule has 0 bridgehead atoms. The van der Waals surface area contributed by atoms with Crippen molar-refractivity contribution in [3.8, 4) is 5.75 Å². The molecule has 2 aromatic rings. The number of hydrogen-bond acceptors (Lipinski definition) is 5. The molecule has 8 heteroatoms. The van der Waals surface area contributed by atoms with Crippen LogP contribution in [0.4, 0.5) is 5.69 Å². The molecule has 0 aromatic heterocycles. The van der Waals surface area contributed by atoms with E-state index in [1.165, 1.54) is 0 Å². The van der Waals surface area contributed by atoms with Crippen molar-refractivity contribution < 1.29 is 19.1 Å². The number of methoxy groups -OCH3 is 1. The van der Waals surface area contributed by atoms with Gasteiger partial charge in [0.25, 0.3) is 5.91 Å². The highest BCUT2D eigenvalue weighted by Crippen LogP contribution is 2.29. The number of nitrogens with zero attached hydrogens (tertiary/aromatic N) is 2. The van der Waals surface area contributed by atoms with E-state index in [0.29, 0.717) is 49.2 Å². The number of hydrogen-bond donors (Lipinski definition) is 1. The molecule has 0 spiro atoms. The summed E-state index contributed by atoms with van der Waals surface area (Å²) in [5.41, 5.74) is 1.51. The van der Waals surface area contributed by atoms with Crippen LogP contribution in [0.3, 0.4) is 0 Å². The van der Waals surface area contributed by atoms with Crippen LogP contribution in [0.25, 0.3) is 0 Å². The van der Waals surface area contributed by atoms with Crippen molar-refractivity contribution in [1.29, 1.82) is 0 Å². The van der Waals surface area contributed by atoms with E-state index in [-0.39, 0.29) is 17.9 Å². The predicted octanol–water partition coefficient (Wildman–Crippen LogP) is 3.35. The van der Waals surface area contributed by atoms with E-state index in [1.807, 2.05) is 35.2 Å². The molecule has 4 rings (SSSR count). The minimum atomic E-state index is -0.475. The summed E-state index contributed by atoms with van der Waals surface area (Å²) in [5, 5.41) is 3.42. The largest absolute Gasteiger partial charge is 0.495 e. The van der Waals surface area contributed by atoms with Gasteiger partial charge in [0.1, 0.15) is 17.9 Å². The van der Waals surface area contributed by atoms with Crippen molar-refractivity contribution in [2.45, 2.75) is 25.0 Å². The Balaban J connectivity index is 1.47. The van der Waals surface area contributed by atoms with E-state index in [2.05, 4.69) is 10.2 Å². The van der Waals surface area contributed by atoms with Crippen LogP contribution in [0.15, 0.2) is 48.5 Å². The van der Waals surface area contributed by atoms with Gasteiger partial charge in [-0.3, -0.25) is 14.5 Å². The Kier molecular flexibility index (Phi) is 7.29. The van der Waals surface area contributed by atoms with Gasteiger partial charge in [-0.2, -0.15) is 0 Å². The molecular formula is C24H28ClN3O4. The fraction of sp³-hybridized carbons (Fsp3) is 0.417. The molecule has 0 radical (unpaired) electrons. The Bertz CT molecular complexity index is 942. The number of anilines is 1. The van der Waals surface area contributed by atoms with Gasteiger partial charge in [-0.15, -0.1) is 0 Å². The first-order valence-corrected chi connectivity index (χ1v) is 11.3. The van der Waals surface area contributed by atoms with Crippen molar-refractivity contribution in [1.82, 2.24) is 9.80 Å². The Hall–Kier alpha value is -2.61. The zero-order chi connectivity index (χ0) is 22.5. The van der Waals surface area contributed by atoms with Crippen LogP contribution in [0.1, 0.15) is 24.4 Å². The van der Waals surface area contributed by atoms with Gasteiger partial charge in [-0.05, 0) is 36.6 Å².